The number of nitrogens with zero attached hydrogens (tertiary/aromatic N) is 4. The average Bonchev–Trinajstić information content (AvgIpc) is 2.90. The summed E-state index contributed by atoms with van der Waals surface area (Å²) in [6, 6.07) is 3.57. The molecule has 0 spiro atoms. The fraction of sp³-hybridized carbons (Fsp3) is 0.364. The Morgan fingerprint density at radius 2 is 2.00 bits per heavy atom. The molecular formula is C11H10N4O3. The van der Waals surface area contributed by atoms with E-state index in [9.17, 15) is 4.79 Å². The van der Waals surface area contributed by atoms with Crippen LogP contribution >= 0.6 is 0 Å². The average molecular weight is 246 g/mol. The number of ether oxygens (including phenoxy) is 1. The summed E-state index contributed by atoms with van der Waals surface area (Å²) in [6.07, 6.45) is 1.50. The minimum Gasteiger partial charge on any atom is -0.378 e. The normalized spacial score (nSPS) is 15.7. The predicted molar refractivity (Wildman–Crippen MR) is 62.6 cm³/mol. The molecule has 1 aliphatic rings. The zero-order valence-corrected chi connectivity index (χ0v) is 9.50. The molecule has 0 bridgehead atoms. The molecular weight excluding hydrogens is 236 g/mol. The molecule has 7 heteroatoms. The van der Waals surface area contributed by atoms with Gasteiger partial charge < -0.3 is 9.64 Å². The summed E-state index contributed by atoms with van der Waals surface area (Å²) in [6.45, 7) is 2.94. The van der Waals surface area contributed by atoms with Crippen LogP contribution in [0.2, 0.25) is 0 Å². The van der Waals surface area contributed by atoms with Crippen LogP contribution in [-0.4, -0.2) is 42.7 Å². The molecule has 0 atom stereocenters. The van der Waals surface area contributed by atoms with Gasteiger partial charge in [-0.05, 0) is 22.4 Å². The van der Waals surface area contributed by atoms with Crippen molar-refractivity contribution >= 4 is 28.5 Å². The molecule has 0 unspecified atom stereocenters. The summed E-state index contributed by atoms with van der Waals surface area (Å²) in [7, 11) is 0. The van der Waals surface area contributed by atoms with Gasteiger partial charge in [-0.2, -0.15) is 4.99 Å². The number of benzene rings is 1. The van der Waals surface area contributed by atoms with E-state index < -0.39 is 0 Å². The SMILES string of the molecule is O=C=Nc1ccc(N2CCOCC2)c2nonc12. The Morgan fingerprint density at radius 3 is 2.78 bits per heavy atom. The van der Waals surface area contributed by atoms with Crippen LogP contribution in [0.25, 0.3) is 11.0 Å². The van der Waals surface area contributed by atoms with Crippen molar-refractivity contribution in [2.75, 3.05) is 31.2 Å². The highest BCUT2D eigenvalue weighted by Gasteiger charge is 2.18. The van der Waals surface area contributed by atoms with Gasteiger partial charge in [-0.1, -0.05) is 0 Å². The van der Waals surface area contributed by atoms with Gasteiger partial charge in [0.25, 0.3) is 0 Å². The monoisotopic (exact) mass is 246 g/mol. The number of isocyanates is 1. The zero-order valence-electron chi connectivity index (χ0n) is 9.50. The summed E-state index contributed by atoms with van der Waals surface area (Å²) >= 11 is 0. The molecule has 0 radical (unpaired) electrons. The third kappa shape index (κ3) is 1.75. The van der Waals surface area contributed by atoms with E-state index in [1.807, 2.05) is 6.07 Å². The number of carbonyl (C=O) groups excluding carboxylic acids is 1. The lowest BCUT2D eigenvalue weighted by Crippen LogP contribution is -2.36. The molecule has 2 aromatic rings. The lowest BCUT2D eigenvalue weighted by atomic mass is 10.2. The van der Waals surface area contributed by atoms with Crippen LogP contribution in [0.1, 0.15) is 0 Å². The van der Waals surface area contributed by atoms with E-state index in [-0.39, 0.29) is 0 Å². The Hall–Kier alpha value is -2.24. The summed E-state index contributed by atoms with van der Waals surface area (Å²) in [5.41, 5.74) is 2.41. The van der Waals surface area contributed by atoms with Crippen molar-refractivity contribution in [2.24, 2.45) is 4.99 Å². The Labute approximate surface area is 102 Å². The topological polar surface area (TPSA) is 80.8 Å². The van der Waals surface area contributed by atoms with Crippen molar-refractivity contribution in [3.8, 4) is 0 Å². The van der Waals surface area contributed by atoms with Crippen molar-refractivity contribution in [1.82, 2.24) is 10.3 Å². The van der Waals surface area contributed by atoms with E-state index in [0.29, 0.717) is 29.9 Å². The Bertz CT molecular complexity index is 612. The number of morpholine rings is 1. The van der Waals surface area contributed by atoms with E-state index in [2.05, 4.69) is 20.2 Å². The van der Waals surface area contributed by atoms with Crippen molar-refractivity contribution in [3.63, 3.8) is 0 Å². The highest BCUT2D eigenvalue weighted by molar-refractivity contribution is 5.95. The van der Waals surface area contributed by atoms with Gasteiger partial charge in [-0.25, -0.2) is 9.42 Å². The number of rotatable bonds is 2. The van der Waals surface area contributed by atoms with E-state index in [1.54, 1.807) is 6.07 Å². The Kier molecular flexibility index (Phi) is 2.76. The number of anilines is 1. The van der Waals surface area contributed by atoms with Crippen LogP contribution in [0, 0.1) is 0 Å². The predicted octanol–water partition coefficient (Wildman–Crippen LogP) is 1.03. The van der Waals surface area contributed by atoms with Crippen LogP contribution in [-0.2, 0) is 9.53 Å². The van der Waals surface area contributed by atoms with Crippen molar-refractivity contribution in [2.45, 2.75) is 0 Å². The smallest absolute Gasteiger partial charge is 0.240 e. The summed E-state index contributed by atoms with van der Waals surface area (Å²) in [4.78, 5) is 16.1. The first-order chi connectivity index (χ1) is 8.90. The molecule has 0 aliphatic carbocycles. The first kappa shape index (κ1) is 10.9. The van der Waals surface area contributed by atoms with Gasteiger partial charge in [0.1, 0.15) is 5.69 Å². The van der Waals surface area contributed by atoms with Crippen LogP contribution in [0.5, 0.6) is 0 Å². The zero-order chi connectivity index (χ0) is 12.4. The van der Waals surface area contributed by atoms with E-state index in [4.69, 9.17) is 9.37 Å². The summed E-state index contributed by atoms with van der Waals surface area (Å²) < 4.78 is 10.0. The van der Waals surface area contributed by atoms with Gasteiger partial charge >= 0.3 is 0 Å². The van der Waals surface area contributed by atoms with Gasteiger partial charge in [0.2, 0.25) is 6.08 Å². The summed E-state index contributed by atoms with van der Waals surface area (Å²) in [5.74, 6) is 0. The Morgan fingerprint density at radius 1 is 1.22 bits per heavy atom. The van der Waals surface area contributed by atoms with Gasteiger partial charge in [0, 0.05) is 13.1 Å². The molecule has 0 saturated carbocycles. The maximum Gasteiger partial charge on any atom is 0.240 e. The Balaban J connectivity index is 2.10. The first-order valence-corrected chi connectivity index (χ1v) is 5.56. The highest BCUT2D eigenvalue weighted by atomic mass is 16.6. The molecule has 18 heavy (non-hydrogen) atoms. The third-order valence-corrected chi connectivity index (χ3v) is 2.89. The molecule has 7 nitrogen and oxygen atoms in total. The standard InChI is InChI=1S/C11H10N4O3/c16-7-12-8-1-2-9(11-10(8)13-18-14-11)15-3-5-17-6-4-15/h1-2H,3-6H2. The first-order valence-electron chi connectivity index (χ1n) is 5.56. The quantitative estimate of drug-likeness (QED) is 0.581. The van der Waals surface area contributed by atoms with Gasteiger partial charge in [0.15, 0.2) is 11.0 Å². The number of hydrogen-bond acceptors (Lipinski definition) is 7. The second-order valence-electron chi connectivity index (χ2n) is 3.87. The van der Waals surface area contributed by atoms with Crippen LogP contribution in [0.4, 0.5) is 11.4 Å². The van der Waals surface area contributed by atoms with Crippen molar-refractivity contribution in [1.29, 1.82) is 0 Å². The largest absolute Gasteiger partial charge is 0.378 e. The summed E-state index contributed by atoms with van der Waals surface area (Å²) in [5, 5.41) is 7.65. The van der Waals surface area contributed by atoms with E-state index in [0.717, 1.165) is 18.8 Å². The van der Waals surface area contributed by atoms with E-state index in [1.165, 1.54) is 6.08 Å². The highest BCUT2D eigenvalue weighted by Crippen LogP contribution is 2.31. The van der Waals surface area contributed by atoms with Gasteiger partial charge in [0.05, 0.1) is 18.9 Å². The minimum atomic E-state index is 0.415. The maximum atomic E-state index is 10.3. The molecule has 2 heterocycles. The number of fused-ring (bicyclic) bond motifs is 1. The minimum absolute atomic E-state index is 0.415. The number of aromatic nitrogens is 2. The molecule has 0 N–H and O–H groups in total. The molecule has 1 aliphatic heterocycles. The van der Waals surface area contributed by atoms with E-state index >= 15 is 0 Å². The molecule has 1 fully saturated rings. The lowest BCUT2D eigenvalue weighted by molar-refractivity contribution is 0.123. The number of hydrogen-bond donors (Lipinski definition) is 0. The van der Waals surface area contributed by atoms with Crippen LogP contribution < -0.4 is 4.90 Å². The molecule has 92 valence electrons. The second-order valence-corrected chi connectivity index (χ2v) is 3.87. The maximum absolute atomic E-state index is 10.3. The van der Waals surface area contributed by atoms with Crippen molar-refractivity contribution < 1.29 is 14.2 Å². The number of aliphatic imine (C=N–C) groups is 1. The fourth-order valence-electron chi connectivity index (χ4n) is 2.04. The fourth-order valence-corrected chi connectivity index (χ4v) is 2.04. The second kappa shape index (κ2) is 4.56. The van der Waals surface area contributed by atoms with Crippen LogP contribution in [0.15, 0.2) is 21.8 Å². The van der Waals surface area contributed by atoms with Gasteiger partial charge in [-0.15, -0.1) is 0 Å². The van der Waals surface area contributed by atoms with Crippen LogP contribution in [0.3, 0.4) is 0 Å². The molecule has 1 aromatic heterocycles. The third-order valence-electron chi connectivity index (χ3n) is 2.89. The molecule has 1 saturated heterocycles. The van der Waals surface area contributed by atoms with Crippen molar-refractivity contribution in [3.05, 3.63) is 12.1 Å². The lowest BCUT2D eigenvalue weighted by Gasteiger charge is -2.28. The van der Waals surface area contributed by atoms with Gasteiger partial charge in [-0.3, -0.25) is 0 Å². The molecule has 0 amide bonds. The molecule has 3 rings (SSSR count). The molecule has 1 aromatic carbocycles.